The number of β-amino-alcohol motifs (C(OH)–C–C–N with tert-alkyl or cyclic N) is 1. The molecule has 0 radical (unpaired) electrons. The number of nitrogens with zero attached hydrogens (tertiary/aromatic N) is 8. The number of likely N-dealkylation sites (tertiary alicyclic amines) is 1. The van der Waals surface area contributed by atoms with Crippen LogP contribution in [0.3, 0.4) is 0 Å². The van der Waals surface area contributed by atoms with E-state index in [2.05, 4.69) is 59.8 Å². The van der Waals surface area contributed by atoms with Gasteiger partial charge in [-0.05, 0) is 98.6 Å². The third-order valence-corrected chi connectivity index (χ3v) is 16.5. The molecule has 2 aliphatic carbocycles. The molecule has 5 N–H and O–H groups in total. The number of hydrogen-bond donors (Lipinski definition) is 5. The molecular weight excluding hydrogens is 883 g/mol. The summed E-state index contributed by atoms with van der Waals surface area (Å²) in [7, 11) is 0. The van der Waals surface area contributed by atoms with Gasteiger partial charge in [0.15, 0.2) is 5.82 Å². The number of nitrogens with one attached hydrogen (secondary N) is 3. The summed E-state index contributed by atoms with van der Waals surface area (Å²) < 4.78 is 0. The van der Waals surface area contributed by atoms with Gasteiger partial charge < -0.3 is 40.9 Å². The van der Waals surface area contributed by atoms with Gasteiger partial charge in [-0.2, -0.15) is 0 Å². The van der Waals surface area contributed by atoms with E-state index in [-0.39, 0.29) is 72.3 Å². The smallest absolute Gasteiger partial charge is 0.246 e. The van der Waals surface area contributed by atoms with Crippen LogP contribution in [0.15, 0.2) is 67.0 Å². The lowest BCUT2D eigenvalue weighted by molar-refractivity contribution is -0.146. The molecule has 2 saturated carbocycles. The summed E-state index contributed by atoms with van der Waals surface area (Å²) >= 11 is 0. The molecule has 2 aromatic heterocycles. The highest BCUT2D eigenvalue weighted by atomic mass is 16.3. The molecule has 3 amide bonds. The van der Waals surface area contributed by atoms with Crippen LogP contribution >= 0.6 is 0 Å². The van der Waals surface area contributed by atoms with E-state index < -0.39 is 23.6 Å². The van der Waals surface area contributed by atoms with Crippen molar-refractivity contribution in [2.24, 2.45) is 16.7 Å². The Kier molecular flexibility index (Phi) is 12.9. The number of carbonyl (C=O) groups is 3. The zero-order valence-corrected chi connectivity index (χ0v) is 40.9. The highest BCUT2D eigenvalue weighted by Gasteiger charge is 2.51. The first kappa shape index (κ1) is 47.4. The Morgan fingerprint density at radius 3 is 2.34 bits per heavy atom. The fourth-order valence-electron chi connectivity index (χ4n) is 12.4. The Hall–Kier alpha value is -6.31. The predicted octanol–water partition coefficient (Wildman–Crippen LogP) is 5.07. The lowest BCUT2D eigenvalue weighted by Crippen LogP contribution is -2.60. The average Bonchev–Trinajstić information content (AvgIpc) is 3.94. The Morgan fingerprint density at radius 2 is 1.66 bits per heavy atom. The summed E-state index contributed by atoms with van der Waals surface area (Å²) in [6.45, 7) is 12.9. The number of aromatic hydroxyl groups is 1. The van der Waals surface area contributed by atoms with Crippen LogP contribution in [0.1, 0.15) is 102 Å². The topological polar surface area (TPSA) is 192 Å². The summed E-state index contributed by atoms with van der Waals surface area (Å²) in [5.41, 5.74) is 4.66. The third-order valence-electron chi connectivity index (χ3n) is 16.5. The van der Waals surface area contributed by atoms with Crippen LogP contribution in [0.5, 0.6) is 5.75 Å². The number of rotatable bonds is 10. The Labute approximate surface area is 411 Å². The minimum atomic E-state index is -0.842. The minimum Gasteiger partial charge on any atom is -0.507 e. The number of aliphatic hydroxyl groups is 1. The fraction of sp³-hybridized carbons (Fsp3) is 0.537. The molecule has 1 spiro atoms. The number of amides is 3. The van der Waals surface area contributed by atoms with Crippen molar-refractivity contribution in [3.05, 3.63) is 83.7 Å². The van der Waals surface area contributed by atoms with Gasteiger partial charge in [0.1, 0.15) is 17.8 Å². The van der Waals surface area contributed by atoms with E-state index in [9.17, 15) is 24.6 Å². The molecule has 6 aliphatic rings. The van der Waals surface area contributed by atoms with Crippen LogP contribution in [0, 0.1) is 29.1 Å². The quantitative estimate of drug-likeness (QED) is 0.133. The fourth-order valence-corrected chi connectivity index (χ4v) is 12.4. The number of hydrogen-bond acceptors (Lipinski definition) is 13. The second-order valence-corrected chi connectivity index (χ2v) is 21.9. The second-order valence-electron chi connectivity index (χ2n) is 21.9. The van der Waals surface area contributed by atoms with Gasteiger partial charge in [-0.25, -0.2) is 9.97 Å². The van der Waals surface area contributed by atoms with E-state index in [0.717, 1.165) is 112 Å². The lowest BCUT2D eigenvalue weighted by atomic mass is 9.55. The number of piperidine rings is 1. The molecule has 368 valence electrons. The summed E-state index contributed by atoms with van der Waals surface area (Å²) in [5.74, 6) is 3.57. The number of phenolic OH excluding ortho intramolecular Hbond substituents is 1. The molecule has 4 aliphatic heterocycles. The van der Waals surface area contributed by atoms with Crippen LogP contribution in [-0.4, -0.2) is 133 Å². The summed E-state index contributed by atoms with van der Waals surface area (Å²) in [6, 6.07) is 15.9. The Balaban J connectivity index is 0.682. The minimum absolute atomic E-state index is 0.0393. The number of benzene rings is 2. The van der Waals surface area contributed by atoms with Gasteiger partial charge in [-0.3, -0.25) is 19.3 Å². The van der Waals surface area contributed by atoms with Gasteiger partial charge in [-0.1, -0.05) is 51.0 Å². The first-order chi connectivity index (χ1) is 33.7. The lowest BCUT2D eigenvalue weighted by Gasteiger charge is -2.53. The normalized spacial score (nSPS) is 27.9. The average molecular weight is 950 g/mol. The number of phenols is 1. The standard InChI is InChI=1S/C54H67N11O5/c1-6-34-11-13-35(14-12-34)29-55-50(69)44-25-39(66)32-65(44)51(70)47(53(3,4)5)59-49(68)36-27-54(28-36)18-15-37(16-19-54)62-21-23-63(24-22-62)38-30-56-52(57-31-38)64-20-17-42-46(33(64)2)41-26-43(60-61-48(41)58-42)40-9-7-8-10-45(40)67/h1,7-14,26,30-31,33,36-37,39,42,44,46-47,66-67H,15-25,27-29,32H2,2-5H3,(H,55,69)(H,58,61)(H,59,68)/t33-,36-,37-,39-,42?,44+,46?,47-,54?/m1/s1. The van der Waals surface area contributed by atoms with Gasteiger partial charge in [0, 0.05) is 98.9 Å². The second kappa shape index (κ2) is 19.1. The Morgan fingerprint density at radius 1 is 0.943 bits per heavy atom. The van der Waals surface area contributed by atoms with E-state index in [1.165, 1.54) is 4.90 Å². The van der Waals surface area contributed by atoms with E-state index in [1.807, 2.05) is 69.6 Å². The van der Waals surface area contributed by atoms with Gasteiger partial charge in [0.05, 0.1) is 29.9 Å². The molecule has 16 heteroatoms. The third kappa shape index (κ3) is 9.37. The summed E-state index contributed by atoms with van der Waals surface area (Å²) in [5, 5.41) is 39.8. The maximum Gasteiger partial charge on any atom is 0.246 e. The molecule has 5 fully saturated rings. The summed E-state index contributed by atoms with van der Waals surface area (Å²) in [6.07, 6.45) is 15.7. The molecule has 2 unspecified atom stereocenters. The van der Waals surface area contributed by atoms with Crippen molar-refractivity contribution in [2.45, 2.75) is 128 Å². The van der Waals surface area contributed by atoms with Crippen LogP contribution in [-0.2, 0) is 20.9 Å². The maximum absolute atomic E-state index is 14.2. The molecule has 70 heavy (non-hydrogen) atoms. The van der Waals surface area contributed by atoms with E-state index in [1.54, 1.807) is 12.1 Å². The monoisotopic (exact) mass is 950 g/mol. The number of anilines is 3. The molecule has 3 saturated heterocycles. The molecule has 6 atom stereocenters. The van der Waals surface area contributed by atoms with E-state index >= 15 is 0 Å². The highest BCUT2D eigenvalue weighted by molar-refractivity contribution is 5.93. The molecule has 0 bridgehead atoms. The number of piperazine rings is 1. The molecular formula is C54H67N11O5. The van der Waals surface area contributed by atoms with E-state index in [4.69, 9.17) is 16.4 Å². The van der Waals surface area contributed by atoms with Crippen molar-refractivity contribution >= 4 is 35.2 Å². The van der Waals surface area contributed by atoms with Crippen LogP contribution < -0.4 is 25.8 Å². The number of terminal acetylenes is 1. The van der Waals surface area contributed by atoms with Crippen LogP contribution in [0.4, 0.5) is 17.5 Å². The zero-order chi connectivity index (χ0) is 48.9. The number of para-hydroxylation sites is 1. The summed E-state index contributed by atoms with van der Waals surface area (Å²) in [4.78, 5) is 60.2. The number of aliphatic hydroxyl groups excluding tert-OH is 1. The maximum atomic E-state index is 14.2. The Bertz CT molecular complexity index is 2610. The highest BCUT2D eigenvalue weighted by Crippen LogP contribution is 2.55. The van der Waals surface area contributed by atoms with Gasteiger partial charge in [0.25, 0.3) is 0 Å². The van der Waals surface area contributed by atoms with Crippen molar-refractivity contribution in [1.29, 1.82) is 0 Å². The number of carbonyl (C=O) groups excluding carboxylic acids is 3. The molecule has 10 rings (SSSR count). The SMILES string of the molecule is C#Cc1ccc(CNC(=O)[C@@H]2C[C@@H](O)CN2C(=O)[C@@H](NC(=O)[C@H]2CC3(CC[C@H](N4CCN(c5cnc(N6CCC7Nc8nnc(-c9ccccc9O)cc8C7[C@H]6C)nc5)CC4)CC3)C2)C(C)(C)C)cc1. The van der Waals surface area contributed by atoms with Gasteiger partial charge >= 0.3 is 0 Å². The number of aromatic nitrogens is 4. The first-order valence-corrected chi connectivity index (χ1v) is 25.3. The number of fused-ring (bicyclic) bond motifs is 3. The van der Waals surface area contributed by atoms with Crippen molar-refractivity contribution < 1.29 is 24.6 Å². The molecule has 4 aromatic rings. The largest absolute Gasteiger partial charge is 0.507 e. The van der Waals surface area contributed by atoms with Crippen molar-refractivity contribution in [3.8, 4) is 29.4 Å². The molecule has 16 nitrogen and oxygen atoms in total. The zero-order valence-electron chi connectivity index (χ0n) is 40.9. The molecule has 6 heterocycles. The van der Waals surface area contributed by atoms with Crippen molar-refractivity contribution in [3.63, 3.8) is 0 Å². The van der Waals surface area contributed by atoms with E-state index in [0.29, 0.717) is 17.3 Å². The molecule has 2 aromatic carbocycles. The van der Waals surface area contributed by atoms with Gasteiger partial charge in [-0.15, -0.1) is 16.6 Å². The predicted molar refractivity (Wildman–Crippen MR) is 268 cm³/mol. The van der Waals surface area contributed by atoms with Crippen molar-refractivity contribution in [1.82, 2.24) is 40.6 Å². The first-order valence-electron chi connectivity index (χ1n) is 25.3. The van der Waals surface area contributed by atoms with Crippen LogP contribution in [0.2, 0.25) is 0 Å². The van der Waals surface area contributed by atoms with Crippen LogP contribution in [0.25, 0.3) is 11.3 Å². The van der Waals surface area contributed by atoms with Gasteiger partial charge in [0.2, 0.25) is 23.7 Å². The van der Waals surface area contributed by atoms with Crippen molar-refractivity contribution in [2.75, 3.05) is 54.4 Å².